The molecule has 4 aromatic rings. The van der Waals surface area contributed by atoms with Crippen LogP contribution in [0, 0.1) is 5.82 Å². The average molecular weight is 339 g/mol. The van der Waals surface area contributed by atoms with Crippen LogP contribution in [-0.2, 0) is 0 Å². The topological polar surface area (TPSA) is 124 Å². The minimum atomic E-state index is -1.24. The normalized spacial score (nSPS) is 11.1. The summed E-state index contributed by atoms with van der Waals surface area (Å²) in [5.41, 5.74) is 1.41. The van der Waals surface area contributed by atoms with Crippen LogP contribution in [0.25, 0.3) is 33.1 Å². The third kappa shape index (κ3) is 2.47. The van der Waals surface area contributed by atoms with Gasteiger partial charge >= 0.3 is 6.09 Å². The van der Waals surface area contributed by atoms with Gasteiger partial charge in [0.1, 0.15) is 11.5 Å². The smallest absolute Gasteiger partial charge is 0.411 e. The van der Waals surface area contributed by atoms with Gasteiger partial charge in [0.25, 0.3) is 5.56 Å². The largest absolute Gasteiger partial charge is 0.465 e. The van der Waals surface area contributed by atoms with E-state index in [1.54, 1.807) is 18.2 Å². The Balaban J connectivity index is 1.93. The zero-order chi connectivity index (χ0) is 17.6. The van der Waals surface area contributed by atoms with E-state index in [2.05, 4.69) is 25.5 Å². The van der Waals surface area contributed by atoms with Crippen LogP contribution < -0.4 is 10.9 Å². The maximum absolute atomic E-state index is 14.3. The Kier molecular flexibility index (Phi) is 3.21. The minimum absolute atomic E-state index is 0.0742. The minimum Gasteiger partial charge on any atom is -0.465 e. The lowest BCUT2D eigenvalue weighted by Gasteiger charge is -2.06. The van der Waals surface area contributed by atoms with Crippen molar-refractivity contribution in [2.45, 2.75) is 0 Å². The summed E-state index contributed by atoms with van der Waals surface area (Å²) in [7, 11) is 0. The molecule has 8 nitrogen and oxygen atoms in total. The van der Waals surface area contributed by atoms with E-state index >= 15 is 0 Å². The Morgan fingerprint density at radius 2 is 2.08 bits per heavy atom. The molecule has 2 aromatic carbocycles. The lowest BCUT2D eigenvalue weighted by Crippen LogP contribution is -2.10. The van der Waals surface area contributed by atoms with Crippen molar-refractivity contribution in [2.75, 3.05) is 5.32 Å². The number of hydrogen-bond acceptors (Lipinski definition) is 4. The molecule has 2 heterocycles. The van der Waals surface area contributed by atoms with E-state index in [9.17, 15) is 14.0 Å². The summed E-state index contributed by atoms with van der Waals surface area (Å²) >= 11 is 0. The van der Waals surface area contributed by atoms with Gasteiger partial charge in [-0.3, -0.25) is 10.1 Å². The highest BCUT2D eigenvalue weighted by Gasteiger charge is 2.14. The highest BCUT2D eigenvalue weighted by atomic mass is 19.1. The van der Waals surface area contributed by atoms with E-state index in [0.29, 0.717) is 16.6 Å². The number of rotatable bonds is 2. The predicted molar refractivity (Wildman–Crippen MR) is 89.1 cm³/mol. The monoisotopic (exact) mass is 339 g/mol. The molecule has 0 bridgehead atoms. The zero-order valence-corrected chi connectivity index (χ0v) is 12.5. The van der Waals surface area contributed by atoms with Gasteiger partial charge < -0.3 is 10.1 Å². The molecule has 0 radical (unpaired) electrons. The highest BCUT2D eigenvalue weighted by Crippen LogP contribution is 2.28. The second kappa shape index (κ2) is 5.41. The van der Waals surface area contributed by atoms with Crippen LogP contribution in [-0.4, -0.2) is 31.4 Å². The molecule has 4 N–H and O–H groups in total. The maximum Gasteiger partial charge on any atom is 0.411 e. The fourth-order valence-electron chi connectivity index (χ4n) is 2.70. The fourth-order valence-corrected chi connectivity index (χ4v) is 2.70. The second-order valence-electron chi connectivity index (χ2n) is 5.31. The van der Waals surface area contributed by atoms with Crippen molar-refractivity contribution in [1.82, 2.24) is 20.2 Å². The summed E-state index contributed by atoms with van der Waals surface area (Å²) in [5, 5.41) is 17.5. The Morgan fingerprint density at radius 3 is 2.88 bits per heavy atom. The number of aromatic nitrogens is 4. The first-order valence-corrected chi connectivity index (χ1v) is 7.20. The lowest BCUT2D eigenvalue weighted by molar-refractivity contribution is 0.209. The van der Waals surface area contributed by atoms with Gasteiger partial charge in [-0.05, 0) is 24.3 Å². The number of amides is 1. The molecule has 0 aliphatic carbocycles. The van der Waals surface area contributed by atoms with Gasteiger partial charge in [0.2, 0.25) is 5.95 Å². The molecule has 0 saturated heterocycles. The van der Waals surface area contributed by atoms with Crippen LogP contribution in [0.1, 0.15) is 0 Å². The van der Waals surface area contributed by atoms with Gasteiger partial charge in [-0.25, -0.2) is 19.3 Å². The first kappa shape index (κ1) is 14.8. The number of hydrogen-bond donors (Lipinski definition) is 4. The summed E-state index contributed by atoms with van der Waals surface area (Å²) in [5.74, 6) is -0.478. The van der Waals surface area contributed by atoms with Crippen molar-refractivity contribution < 1.29 is 14.3 Å². The molecule has 2 aromatic heterocycles. The molecular weight excluding hydrogens is 329 g/mol. The van der Waals surface area contributed by atoms with Gasteiger partial charge in [-0.15, -0.1) is 0 Å². The molecular formula is C16H10FN5O3. The average Bonchev–Trinajstić information content (AvgIpc) is 2.96. The molecule has 0 aliphatic heterocycles. The van der Waals surface area contributed by atoms with Crippen molar-refractivity contribution in [3.05, 3.63) is 52.6 Å². The molecule has 1 amide bonds. The maximum atomic E-state index is 14.3. The summed E-state index contributed by atoms with van der Waals surface area (Å²) in [6, 6.07) is 9.21. The standard InChI is InChI=1S/C16H10FN5O3/c17-9-3-1-2-8-12(9)13(21-22-14(8)23)7-4-5-10-11(6-7)19-15(18-10)20-16(24)25/h1-6H,(H,22,23)(H,24,25)(H2,18,19,20). The number of anilines is 1. The number of nitrogens with zero attached hydrogens (tertiary/aromatic N) is 2. The molecule has 124 valence electrons. The molecule has 0 fully saturated rings. The van der Waals surface area contributed by atoms with Crippen LogP contribution in [0.15, 0.2) is 41.2 Å². The van der Waals surface area contributed by atoms with Crippen molar-refractivity contribution in [3.8, 4) is 11.3 Å². The first-order valence-electron chi connectivity index (χ1n) is 7.20. The van der Waals surface area contributed by atoms with Gasteiger partial charge in [-0.2, -0.15) is 5.10 Å². The van der Waals surface area contributed by atoms with E-state index in [4.69, 9.17) is 5.11 Å². The Labute approximate surface area is 138 Å². The molecule has 9 heteroatoms. The van der Waals surface area contributed by atoms with E-state index in [1.807, 2.05) is 0 Å². The van der Waals surface area contributed by atoms with Crippen LogP contribution in [0.2, 0.25) is 0 Å². The van der Waals surface area contributed by atoms with Crippen molar-refractivity contribution >= 4 is 33.8 Å². The van der Waals surface area contributed by atoms with E-state index in [0.717, 1.165) is 0 Å². The van der Waals surface area contributed by atoms with Crippen LogP contribution >= 0.6 is 0 Å². The van der Waals surface area contributed by atoms with Gasteiger partial charge in [-0.1, -0.05) is 12.1 Å². The number of fused-ring (bicyclic) bond motifs is 2. The zero-order valence-electron chi connectivity index (χ0n) is 12.5. The van der Waals surface area contributed by atoms with Gasteiger partial charge in [0.15, 0.2) is 0 Å². The van der Waals surface area contributed by atoms with Gasteiger partial charge in [0.05, 0.1) is 21.8 Å². The Hall–Kier alpha value is -3.75. The fraction of sp³-hybridized carbons (Fsp3) is 0. The van der Waals surface area contributed by atoms with Crippen LogP contribution in [0.5, 0.6) is 0 Å². The molecule has 25 heavy (non-hydrogen) atoms. The second-order valence-corrected chi connectivity index (χ2v) is 5.31. The summed E-state index contributed by atoms with van der Waals surface area (Å²) in [6.07, 6.45) is -1.24. The lowest BCUT2D eigenvalue weighted by atomic mass is 10.0. The number of aromatic amines is 2. The summed E-state index contributed by atoms with van der Waals surface area (Å²) in [6.45, 7) is 0. The van der Waals surface area contributed by atoms with Crippen molar-refractivity contribution in [3.63, 3.8) is 0 Å². The molecule has 0 unspecified atom stereocenters. The Morgan fingerprint density at radius 1 is 1.24 bits per heavy atom. The first-order chi connectivity index (χ1) is 12.0. The molecule has 0 aliphatic rings. The van der Waals surface area contributed by atoms with E-state index in [1.165, 1.54) is 18.2 Å². The summed E-state index contributed by atoms with van der Waals surface area (Å²) < 4.78 is 14.3. The van der Waals surface area contributed by atoms with Crippen molar-refractivity contribution in [1.29, 1.82) is 0 Å². The molecule has 0 saturated carbocycles. The van der Waals surface area contributed by atoms with E-state index < -0.39 is 17.5 Å². The van der Waals surface area contributed by atoms with Crippen LogP contribution in [0.3, 0.4) is 0 Å². The number of carbonyl (C=O) groups is 1. The number of imidazole rings is 1. The Bertz CT molecular complexity index is 1200. The van der Waals surface area contributed by atoms with Crippen LogP contribution in [0.4, 0.5) is 15.1 Å². The third-order valence-corrected chi connectivity index (χ3v) is 3.74. The van der Waals surface area contributed by atoms with E-state index in [-0.39, 0.29) is 22.4 Å². The SMILES string of the molecule is O=C(O)Nc1nc2ccc(-c3n[nH]c(=O)c4cccc(F)c34)cc2[nH]1. The number of H-pyrrole nitrogens is 2. The molecule has 0 spiro atoms. The highest BCUT2D eigenvalue weighted by molar-refractivity contribution is 5.96. The van der Waals surface area contributed by atoms with Crippen molar-refractivity contribution in [2.24, 2.45) is 0 Å². The number of halogens is 1. The predicted octanol–water partition coefficient (Wildman–Crippen LogP) is 2.70. The number of nitrogens with one attached hydrogen (secondary N) is 3. The number of benzene rings is 2. The molecule has 4 rings (SSSR count). The number of carboxylic acid groups (broad SMARTS) is 1. The third-order valence-electron chi connectivity index (χ3n) is 3.74. The summed E-state index contributed by atoms with van der Waals surface area (Å²) in [4.78, 5) is 29.5. The van der Waals surface area contributed by atoms with Gasteiger partial charge in [0, 0.05) is 5.56 Å². The molecule has 0 atom stereocenters. The quantitative estimate of drug-likeness (QED) is 0.447.